The van der Waals surface area contributed by atoms with Crippen molar-refractivity contribution in [1.82, 2.24) is 10.6 Å². The van der Waals surface area contributed by atoms with E-state index in [9.17, 15) is 0 Å². The average molecular weight is 276 g/mol. The maximum absolute atomic E-state index is 3.57. The van der Waals surface area contributed by atoms with Gasteiger partial charge in [-0.25, -0.2) is 0 Å². The van der Waals surface area contributed by atoms with Crippen LogP contribution in [-0.2, 0) is 0 Å². The van der Waals surface area contributed by atoms with Crippen molar-refractivity contribution >= 4 is 0 Å². The Labute approximate surface area is 119 Å². The fourth-order valence-corrected chi connectivity index (χ4v) is 3.42. The highest BCUT2D eigenvalue weighted by Gasteiger charge is 2.31. The van der Waals surface area contributed by atoms with Crippen molar-refractivity contribution in [2.24, 2.45) is 11.3 Å². The molecule has 0 amide bonds. The van der Waals surface area contributed by atoms with Crippen LogP contribution in [-0.4, -0.2) is 36.6 Å². The second-order valence-corrected chi connectivity index (χ2v) is 6.63. The van der Waals surface area contributed by atoms with E-state index in [1.54, 1.807) is 0 Å². The molecule has 1 saturated carbocycles. The highest BCUT2D eigenvalue weighted by atomic mass is 16.0. The smallest absolute Gasteiger partial charge is 0.00745 e. The van der Waals surface area contributed by atoms with E-state index >= 15 is 0 Å². The van der Waals surface area contributed by atoms with Gasteiger partial charge in [0.1, 0.15) is 0 Å². The molecule has 2 atom stereocenters. The summed E-state index contributed by atoms with van der Waals surface area (Å²) in [6.07, 6.45) is 6.90. The molecule has 0 aromatic heterocycles. The lowest BCUT2D eigenvalue weighted by atomic mass is 9.70. The van der Waals surface area contributed by atoms with Crippen LogP contribution in [0.2, 0.25) is 0 Å². The number of nitrogens with one attached hydrogen (secondary N) is 2. The van der Waals surface area contributed by atoms with Gasteiger partial charge in [-0.3, -0.25) is 0 Å². The predicted molar refractivity (Wildman–Crippen MR) is 83.6 cm³/mol. The monoisotopic (exact) mass is 276 g/mol. The summed E-state index contributed by atoms with van der Waals surface area (Å²) in [5, 5.41) is 6.79. The van der Waals surface area contributed by atoms with E-state index in [0.717, 1.165) is 18.5 Å². The summed E-state index contributed by atoms with van der Waals surface area (Å²) in [6.45, 7) is 13.0. The van der Waals surface area contributed by atoms with E-state index in [4.69, 9.17) is 0 Å². The molecule has 1 aliphatic heterocycles. The van der Waals surface area contributed by atoms with Gasteiger partial charge in [0, 0.05) is 6.04 Å². The molecular weight excluding hydrogens is 240 g/mol. The summed E-state index contributed by atoms with van der Waals surface area (Å²) in [6, 6.07) is 0.772. The summed E-state index contributed by atoms with van der Waals surface area (Å²) in [5.41, 5.74) is 0.560. The molecule has 0 radical (unpaired) electrons. The Hall–Kier alpha value is -0.160. The Morgan fingerprint density at radius 2 is 1.68 bits per heavy atom. The van der Waals surface area contributed by atoms with Crippen LogP contribution in [0.5, 0.6) is 0 Å². The zero-order valence-electron chi connectivity index (χ0n) is 13.3. The summed E-state index contributed by atoms with van der Waals surface area (Å²) < 4.78 is 0. The molecule has 4 nitrogen and oxygen atoms in total. The SMILES string of the molecule is C1CCNC1.CCNC1CC(C)CC(C)(C)C1.O.O. The molecule has 0 aromatic carbocycles. The van der Waals surface area contributed by atoms with E-state index in [2.05, 4.69) is 38.3 Å². The first-order chi connectivity index (χ1) is 8.03. The van der Waals surface area contributed by atoms with Crippen LogP contribution >= 0.6 is 0 Å². The van der Waals surface area contributed by atoms with Crippen LogP contribution in [0.3, 0.4) is 0 Å². The van der Waals surface area contributed by atoms with Crippen molar-refractivity contribution in [3.63, 3.8) is 0 Å². The minimum absolute atomic E-state index is 0. The summed E-state index contributed by atoms with van der Waals surface area (Å²) in [7, 11) is 0. The van der Waals surface area contributed by atoms with Crippen LogP contribution in [0.15, 0.2) is 0 Å². The number of hydrogen-bond acceptors (Lipinski definition) is 2. The maximum Gasteiger partial charge on any atom is 0.00745 e. The molecule has 2 fully saturated rings. The van der Waals surface area contributed by atoms with E-state index in [0.29, 0.717) is 5.41 Å². The van der Waals surface area contributed by atoms with Gasteiger partial charge in [0.05, 0.1) is 0 Å². The first kappa shape index (κ1) is 21.1. The lowest BCUT2D eigenvalue weighted by Gasteiger charge is -2.39. The second-order valence-electron chi connectivity index (χ2n) is 6.63. The Bertz CT molecular complexity index is 199. The Kier molecular flexibility index (Phi) is 11.8. The Morgan fingerprint density at radius 3 is 2.05 bits per heavy atom. The largest absolute Gasteiger partial charge is 0.412 e. The molecule has 0 aromatic rings. The molecule has 1 saturated heterocycles. The molecular formula is C15H36N2O2. The van der Waals surface area contributed by atoms with Crippen LogP contribution < -0.4 is 10.6 Å². The number of rotatable bonds is 2. The van der Waals surface area contributed by atoms with Gasteiger partial charge in [0.25, 0.3) is 0 Å². The van der Waals surface area contributed by atoms with E-state index in [1.807, 2.05) is 0 Å². The molecule has 2 unspecified atom stereocenters. The first-order valence-corrected chi connectivity index (χ1v) is 7.47. The molecule has 19 heavy (non-hydrogen) atoms. The lowest BCUT2D eigenvalue weighted by molar-refractivity contribution is 0.153. The first-order valence-electron chi connectivity index (χ1n) is 7.47. The van der Waals surface area contributed by atoms with Crippen LogP contribution in [0.1, 0.15) is 59.8 Å². The minimum Gasteiger partial charge on any atom is -0.412 e. The van der Waals surface area contributed by atoms with Crippen molar-refractivity contribution in [2.75, 3.05) is 19.6 Å². The maximum atomic E-state index is 3.57. The van der Waals surface area contributed by atoms with Crippen molar-refractivity contribution < 1.29 is 11.0 Å². The standard InChI is InChI=1S/C11H23N.C4H9N.2H2O/c1-5-12-10-6-9(2)7-11(3,4)8-10;1-2-4-5-3-1;;/h9-10,12H,5-8H2,1-4H3;5H,1-4H2;2*1H2. The topological polar surface area (TPSA) is 87.1 Å². The molecule has 0 bridgehead atoms. The summed E-state index contributed by atoms with van der Waals surface area (Å²) in [4.78, 5) is 0. The van der Waals surface area contributed by atoms with Gasteiger partial charge >= 0.3 is 0 Å². The van der Waals surface area contributed by atoms with Gasteiger partial charge < -0.3 is 21.6 Å². The highest BCUT2D eigenvalue weighted by molar-refractivity contribution is 4.86. The van der Waals surface area contributed by atoms with E-state index < -0.39 is 0 Å². The predicted octanol–water partition coefficient (Wildman–Crippen LogP) is 1.53. The minimum atomic E-state index is 0. The van der Waals surface area contributed by atoms with Crippen molar-refractivity contribution in [3.8, 4) is 0 Å². The third-order valence-electron chi connectivity index (χ3n) is 3.84. The number of hydrogen-bond donors (Lipinski definition) is 2. The fourth-order valence-electron chi connectivity index (χ4n) is 3.42. The van der Waals surface area contributed by atoms with Gasteiger partial charge in [-0.15, -0.1) is 0 Å². The lowest BCUT2D eigenvalue weighted by Crippen LogP contribution is -2.39. The van der Waals surface area contributed by atoms with Gasteiger partial charge in [0.15, 0.2) is 0 Å². The highest BCUT2D eigenvalue weighted by Crippen LogP contribution is 2.38. The molecule has 2 aliphatic rings. The molecule has 6 N–H and O–H groups in total. The molecule has 0 spiro atoms. The molecule has 4 heteroatoms. The second kappa shape index (κ2) is 10.6. The molecule has 1 heterocycles. The van der Waals surface area contributed by atoms with Crippen LogP contribution in [0.25, 0.3) is 0 Å². The van der Waals surface area contributed by atoms with Crippen molar-refractivity contribution in [3.05, 3.63) is 0 Å². The molecule has 118 valence electrons. The summed E-state index contributed by atoms with van der Waals surface area (Å²) in [5.74, 6) is 0.901. The fraction of sp³-hybridized carbons (Fsp3) is 1.00. The third-order valence-corrected chi connectivity index (χ3v) is 3.84. The summed E-state index contributed by atoms with van der Waals surface area (Å²) >= 11 is 0. The Balaban J connectivity index is 0. The van der Waals surface area contributed by atoms with Crippen molar-refractivity contribution in [1.29, 1.82) is 0 Å². The average Bonchev–Trinajstić information content (AvgIpc) is 2.71. The Morgan fingerprint density at radius 1 is 1.11 bits per heavy atom. The van der Waals surface area contributed by atoms with E-state index in [1.165, 1.54) is 45.2 Å². The van der Waals surface area contributed by atoms with Gasteiger partial charge in [-0.2, -0.15) is 0 Å². The van der Waals surface area contributed by atoms with Crippen LogP contribution in [0.4, 0.5) is 0 Å². The molecule has 1 aliphatic carbocycles. The molecule has 2 rings (SSSR count). The zero-order chi connectivity index (χ0) is 12.7. The van der Waals surface area contributed by atoms with Crippen LogP contribution in [0, 0.1) is 11.3 Å². The van der Waals surface area contributed by atoms with Gasteiger partial charge in [-0.05, 0) is 63.1 Å². The third kappa shape index (κ3) is 9.38. The zero-order valence-corrected chi connectivity index (χ0v) is 13.3. The van der Waals surface area contributed by atoms with Gasteiger partial charge in [0.2, 0.25) is 0 Å². The van der Waals surface area contributed by atoms with Gasteiger partial charge in [-0.1, -0.05) is 27.7 Å². The van der Waals surface area contributed by atoms with E-state index in [-0.39, 0.29) is 11.0 Å². The quantitative estimate of drug-likeness (QED) is 0.801. The van der Waals surface area contributed by atoms with Crippen molar-refractivity contribution in [2.45, 2.75) is 65.8 Å². The normalized spacial score (nSPS) is 28.4.